The van der Waals surface area contributed by atoms with Crippen LogP contribution in [0.3, 0.4) is 0 Å². The number of benzene rings is 1. The minimum Gasteiger partial charge on any atom is -0.496 e. The molecule has 0 saturated carbocycles. The van der Waals surface area contributed by atoms with Crippen LogP contribution in [0, 0.1) is 5.82 Å². The van der Waals surface area contributed by atoms with E-state index in [0.717, 1.165) is 30.8 Å². The molecule has 0 radical (unpaired) electrons. The maximum atomic E-state index is 13.2. The molecule has 2 rings (SSSR count). The van der Waals surface area contributed by atoms with Crippen molar-refractivity contribution in [3.8, 4) is 5.75 Å². The molecule has 0 aromatic heterocycles. The van der Waals surface area contributed by atoms with E-state index in [2.05, 4.69) is 17.3 Å². The topological polar surface area (TPSA) is 24.5 Å². The van der Waals surface area contributed by atoms with Crippen molar-refractivity contribution < 1.29 is 9.13 Å². The molecular weight excluding hydrogens is 219 g/mol. The van der Waals surface area contributed by atoms with E-state index < -0.39 is 0 Å². The van der Waals surface area contributed by atoms with E-state index in [9.17, 15) is 4.39 Å². The molecule has 1 aromatic carbocycles. The lowest BCUT2D eigenvalue weighted by Gasteiger charge is -2.24. The summed E-state index contributed by atoms with van der Waals surface area (Å²) in [6.07, 6.45) is 1.15. The third-order valence-corrected chi connectivity index (χ3v) is 3.32. The summed E-state index contributed by atoms with van der Waals surface area (Å²) in [7, 11) is 3.69. The van der Waals surface area contributed by atoms with Crippen molar-refractivity contribution in [2.45, 2.75) is 19.0 Å². The number of rotatable bonds is 4. The van der Waals surface area contributed by atoms with Gasteiger partial charge in [0, 0.05) is 24.7 Å². The molecule has 4 heteroatoms. The van der Waals surface area contributed by atoms with Gasteiger partial charge in [-0.1, -0.05) is 0 Å². The summed E-state index contributed by atoms with van der Waals surface area (Å²) in [6, 6.07) is 5.20. The second kappa shape index (κ2) is 5.47. The van der Waals surface area contributed by atoms with Crippen molar-refractivity contribution in [1.82, 2.24) is 10.2 Å². The van der Waals surface area contributed by atoms with Crippen LogP contribution in [0.4, 0.5) is 4.39 Å². The predicted octanol–water partition coefficient (Wildman–Crippen LogP) is 1.63. The second-order valence-electron chi connectivity index (χ2n) is 4.52. The summed E-state index contributed by atoms with van der Waals surface area (Å²) in [5.41, 5.74) is 0.905. The molecule has 0 spiro atoms. The number of hydrogen-bond acceptors (Lipinski definition) is 3. The molecule has 0 amide bonds. The van der Waals surface area contributed by atoms with E-state index in [-0.39, 0.29) is 5.82 Å². The average Bonchev–Trinajstić information content (AvgIpc) is 2.83. The van der Waals surface area contributed by atoms with Crippen LogP contribution in [0.2, 0.25) is 0 Å². The number of nitrogens with one attached hydrogen (secondary N) is 1. The largest absolute Gasteiger partial charge is 0.496 e. The Balaban J connectivity index is 2.08. The predicted molar refractivity (Wildman–Crippen MR) is 65.7 cm³/mol. The molecule has 1 atom stereocenters. The summed E-state index contributed by atoms with van der Waals surface area (Å²) in [4.78, 5) is 2.25. The molecule has 17 heavy (non-hydrogen) atoms. The van der Waals surface area contributed by atoms with Gasteiger partial charge < -0.3 is 10.1 Å². The zero-order valence-electron chi connectivity index (χ0n) is 10.4. The van der Waals surface area contributed by atoms with Gasteiger partial charge in [0.2, 0.25) is 0 Å². The number of hydrogen-bond donors (Lipinski definition) is 1. The smallest absolute Gasteiger partial charge is 0.123 e. The molecule has 94 valence electrons. The summed E-state index contributed by atoms with van der Waals surface area (Å²) in [5.74, 6) is 0.544. The van der Waals surface area contributed by atoms with E-state index in [4.69, 9.17) is 4.74 Å². The monoisotopic (exact) mass is 238 g/mol. The Morgan fingerprint density at radius 2 is 2.35 bits per heavy atom. The molecule has 1 aliphatic heterocycles. The number of halogens is 1. The fraction of sp³-hybridized carbons (Fsp3) is 0.538. The van der Waals surface area contributed by atoms with Gasteiger partial charge in [0.05, 0.1) is 7.11 Å². The molecule has 1 aromatic rings. The molecule has 0 bridgehead atoms. The van der Waals surface area contributed by atoms with Crippen LogP contribution in [0.15, 0.2) is 18.2 Å². The van der Waals surface area contributed by atoms with Crippen LogP contribution < -0.4 is 10.1 Å². The first-order chi connectivity index (χ1) is 8.20. The lowest BCUT2D eigenvalue weighted by molar-refractivity contribution is 0.244. The Kier molecular flexibility index (Phi) is 3.97. The summed E-state index contributed by atoms with van der Waals surface area (Å²) in [5, 5.41) is 3.33. The highest BCUT2D eigenvalue weighted by atomic mass is 19.1. The highest BCUT2D eigenvalue weighted by Gasteiger charge is 2.20. The van der Waals surface area contributed by atoms with Crippen molar-refractivity contribution in [1.29, 1.82) is 0 Å². The SMILES string of the molecule is COc1ccc(F)cc1CN(C)C1CCNC1. The van der Waals surface area contributed by atoms with Gasteiger partial charge in [-0.3, -0.25) is 4.90 Å². The van der Waals surface area contributed by atoms with Crippen LogP contribution in [0.25, 0.3) is 0 Å². The molecule has 0 aliphatic carbocycles. The van der Waals surface area contributed by atoms with Gasteiger partial charge in [0.15, 0.2) is 0 Å². The van der Waals surface area contributed by atoms with Crippen molar-refractivity contribution in [2.24, 2.45) is 0 Å². The Morgan fingerprint density at radius 1 is 1.53 bits per heavy atom. The summed E-state index contributed by atoms with van der Waals surface area (Å²) >= 11 is 0. The number of likely N-dealkylation sites (N-methyl/N-ethyl adjacent to an activating group) is 1. The van der Waals surface area contributed by atoms with Crippen molar-refractivity contribution >= 4 is 0 Å². The average molecular weight is 238 g/mol. The highest BCUT2D eigenvalue weighted by molar-refractivity contribution is 5.33. The quantitative estimate of drug-likeness (QED) is 0.863. The number of methoxy groups -OCH3 is 1. The van der Waals surface area contributed by atoms with Crippen LogP contribution in [-0.4, -0.2) is 38.2 Å². The van der Waals surface area contributed by atoms with Gasteiger partial charge in [-0.2, -0.15) is 0 Å². The zero-order chi connectivity index (χ0) is 12.3. The molecule has 1 aliphatic rings. The lowest BCUT2D eigenvalue weighted by atomic mass is 10.1. The van der Waals surface area contributed by atoms with E-state index in [1.54, 1.807) is 19.2 Å². The van der Waals surface area contributed by atoms with Crippen LogP contribution in [0.5, 0.6) is 5.75 Å². The van der Waals surface area contributed by atoms with Gasteiger partial charge in [-0.15, -0.1) is 0 Å². The van der Waals surface area contributed by atoms with Gasteiger partial charge in [-0.05, 0) is 38.2 Å². The maximum absolute atomic E-state index is 13.2. The Bertz CT molecular complexity index is 378. The Hall–Kier alpha value is -1.13. The third kappa shape index (κ3) is 2.96. The summed E-state index contributed by atoms with van der Waals surface area (Å²) < 4.78 is 18.5. The lowest BCUT2D eigenvalue weighted by Crippen LogP contribution is -2.33. The number of ether oxygens (including phenoxy) is 1. The van der Waals surface area contributed by atoms with Crippen molar-refractivity contribution in [3.05, 3.63) is 29.6 Å². The van der Waals surface area contributed by atoms with E-state index in [0.29, 0.717) is 12.6 Å². The second-order valence-corrected chi connectivity index (χ2v) is 4.52. The van der Waals surface area contributed by atoms with Crippen molar-refractivity contribution in [2.75, 3.05) is 27.2 Å². The molecule has 1 saturated heterocycles. The van der Waals surface area contributed by atoms with Gasteiger partial charge in [-0.25, -0.2) is 4.39 Å². The fourth-order valence-electron chi connectivity index (χ4n) is 2.28. The minimum atomic E-state index is -0.209. The molecule has 1 N–H and O–H groups in total. The fourth-order valence-corrected chi connectivity index (χ4v) is 2.28. The zero-order valence-corrected chi connectivity index (χ0v) is 10.4. The first-order valence-electron chi connectivity index (χ1n) is 5.94. The molecular formula is C13H19FN2O. The van der Waals surface area contributed by atoms with E-state index >= 15 is 0 Å². The first-order valence-corrected chi connectivity index (χ1v) is 5.94. The van der Waals surface area contributed by atoms with Crippen molar-refractivity contribution in [3.63, 3.8) is 0 Å². The minimum absolute atomic E-state index is 0.209. The van der Waals surface area contributed by atoms with Crippen LogP contribution >= 0.6 is 0 Å². The third-order valence-electron chi connectivity index (χ3n) is 3.32. The summed E-state index contributed by atoms with van der Waals surface area (Å²) in [6.45, 7) is 2.79. The van der Waals surface area contributed by atoms with Crippen LogP contribution in [-0.2, 0) is 6.54 Å². The molecule has 1 heterocycles. The first kappa shape index (κ1) is 12.3. The van der Waals surface area contributed by atoms with Gasteiger partial charge in [0.1, 0.15) is 11.6 Å². The molecule has 1 unspecified atom stereocenters. The highest BCUT2D eigenvalue weighted by Crippen LogP contribution is 2.22. The van der Waals surface area contributed by atoms with Gasteiger partial charge in [0.25, 0.3) is 0 Å². The standard InChI is InChI=1S/C13H19FN2O/c1-16(12-5-6-15-8-12)9-10-7-11(14)3-4-13(10)17-2/h3-4,7,12,15H,5-6,8-9H2,1-2H3. The van der Waals surface area contributed by atoms with Gasteiger partial charge >= 0.3 is 0 Å². The Labute approximate surface area is 102 Å². The van der Waals surface area contributed by atoms with E-state index in [1.165, 1.54) is 6.07 Å². The molecule has 3 nitrogen and oxygen atoms in total. The van der Waals surface area contributed by atoms with Crippen LogP contribution in [0.1, 0.15) is 12.0 Å². The molecule has 1 fully saturated rings. The number of nitrogens with zero attached hydrogens (tertiary/aromatic N) is 1. The Morgan fingerprint density at radius 3 is 3.00 bits per heavy atom. The maximum Gasteiger partial charge on any atom is 0.123 e. The van der Waals surface area contributed by atoms with E-state index in [1.807, 2.05) is 0 Å². The normalized spacial score (nSPS) is 19.9.